The number of rotatable bonds is 12. The number of allylic oxidation sites excluding steroid dienone is 1. The van der Waals surface area contributed by atoms with E-state index in [9.17, 15) is 14.9 Å². The number of benzene rings is 2. The number of carbonyl (C=O) groups excluding carboxylic acids is 1. The summed E-state index contributed by atoms with van der Waals surface area (Å²) in [6.45, 7) is 10.1. The fourth-order valence-corrected chi connectivity index (χ4v) is 5.96. The number of nitrogens with zero attached hydrogens (tertiary/aromatic N) is 5. The quantitative estimate of drug-likeness (QED) is 0.139. The summed E-state index contributed by atoms with van der Waals surface area (Å²) in [4.78, 5) is 38.5. The van der Waals surface area contributed by atoms with Gasteiger partial charge >= 0.3 is 0 Å². The predicted molar refractivity (Wildman–Crippen MR) is 195 cm³/mol. The molecular formula is C37H41ClFN7O5. The highest BCUT2D eigenvalue weighted by Crippen LogP contribution is 2.38. The summed E-state index contributed by atoms with van der Waals surface area (Å²) in [7, 11) is 2.98. The third-order valence-corrected chi connectivity index (χ3v) is 8.65. The number of anilines is 2. The average Bonchev–Trinajstić information content (AvgIpc) is 3.11. The van der Waals surface area contributed by atoms with Crippen molar-refractivity contribution in [3.05, 3.63) is 81.0 Å². The molecule has 0 bridgehead atoms. The molecule has 0 aliphatic carbocycles. The first-order valence-electron chi connectivity index (χ1n) is 16.5. The maximum Gasteiger partial charge on any atom is 0.266 e. The van der Waals surface area contributed by atoms with Crippen LogP contribution in [0.3, 0.4) is 0 Å². The number of nitrogens with one attached hydrogen (secondary N) is 2. The van der Waals surface area contributed by atoms with Crippen LogP contribution in [-0.2, 0) is 22.5 Å². The van der Waals surface area contributed by atoms with E-state index in [1.807, 2.05) is 26.8 Å². The summed E-state index contributed by atoms with van der Waals surface area (Å²) in [6, 6.07) is 11.1. The molecule has 51 heavy (non-hydrogen) atoms. The predicted octanol–water partition coefficient (Wildman–Crippen LogP) is 5.69. The van der Waals surface area contributed by atoms with E-state index >= 15 is 4.39 Å². The van der Waals surface area contributed by atoms with E-state index in [-0.39, 0.29) is 34.8 Å². The van der Waals surface area contributed by atoms with Gasteiger partial charge in [0.2, 0.25) is 5.95 Å². The van der Waals surface area contributed by atoms with Crippen molar-refractivity contribution in [1.29, 1.82) is 5.26 Å². The molecule has 268 valence electrons. The largest absolute Gasteiger partial charge is 0.497 e. The normalized spacial score (nSPS) is 13.9. The van der Waals surface area contributed by atoms with Crippen LogP contribution in [0, 0.1) is 22.6 Å². The van der Waals surface area contributed by atoms with Crippen LogP contribution >= 0.6 is 11.6 Å². The molecule has 0 unspecified atom stereocenters. The monoisotopic (exact) mass is 717 g/mol. The minimum absolute atomic E-state index is 0.0572. The average molecular weight is 718 g/mol. The van der Waals surface area contributed by atoms with Crippen molar-refractivity contribution in [2.75, 3.05) is 64.2 Å². The standard InChI is InChI=1S/C37H41ClFN7O5/c1-37(2,3)20-25(21-40)34(47)43-26-7-6-23(30(39)17-26)8-10-46-33-24(22-42-36(44-33)41-9-11-45-12-14-51-15-13-45)16-29(35(46)48)28-18-27(49-4)19-31(50-5)32(28)38/h6-7,16-20,22H,8-15H2,1-5H3,(H,43,47)(H,41,42,44). The number of fused-ring (bicyclic) bond motifs is 1. The summed E-state index contributed by atoms with van der Waals surface area (Å²) < 4.78 is 33.3. The molecule has 1 aliphatic heterocycles. The summed E-state index contributed by atoms with van der Waals surface area (Å²) in [5, 5.41) is 16.1. The molecular weight excluding hydrogens is 677 g/mol. The number of carbonyl (C=O) groups is 1. The van der Waals surface area contributed by atoms with Gasteiger partial charge in [0.15, 0.2) is 0 Å². The number of hydrogen-bond donors (Lipinski definition) is 2. The second kappa shape index (κ2) is 16.3. The highest BCUT2D eigenvalue weighted by atomic mass is 35.5. The molecule has 5 rings (SSSR count). The maximum absolute atomic E-state index is 15.5. The van der Waals surface area contributed by atoms with Crippen LogP contribution in [-0.4, -0.2) is 79.0 Å². The van der Waals surface area contributed by atoms with Crippen LogP contribution in [0.2, 0.25) is 5.02 Å². The fraction of sp³-hybridized carbons (Fsp3) is 0.378. The van der Waals surface area contributed by atoms with Crippen molar-refractivity contribution < 1.29 is 23.4 Å². The number of morpholine rings is 1. The molecule has 2 aromatic carbocycles. The number of nitriles is 1. The van der Waals surface area contributed by atoms with Gasteiger partial charge in [-0.3, -0.25) is 19.1 Å². The Bertz CT molecular complexity index is 2050. The minimum atomic E-state index is -0.628. The zero-order chi connectivity index (χ0) is 36.7. The zero-order valence-corrected chi connectivity index (χ0v) is 30.1. The number of hydrogen-bond acceptors (Lipinski definition) is 10. The van der Waals surface area contributed by atoms with Gasteiger partial charge in [0, 0.05) is 67.2 Å². The molecule has 0 spiro atoms. The van der Waals surface area contributed by atoms with Gasteiger partial charge in [-0.1, -0.05) is 44.5 Å². The number of methoxy groups -OCH3 is 2. The minimum Gasteiger partial charge on any atom is -0.497 e. The van der Waals surface area contributed by atoms with Gasteiger partial charge in [0.25, 0.3) is 11.5 Å². The summed E-state index contributed by atoms with van der Waals surface area (Å²) >= 11 is 6.72. The molecule has 1 saturated heterocycles. The molecule has 1 fully saturated rings. The lowest BCUT2D eigenvalue weighted by atomic mass is 9.93. The topological polar surface area (TPSA) is 144 Å². The van der Waals surface area contributed by atoms with Crippen molar-refractivity contribution in [2.24, 2.45) is 5.41 Å². The Morgan fingerprint density at radius 1 is 1.12 bits per heavy atom. The van der Waals surface area contributed by atoms with Crippen molar-refractivity contribution in [3.63, 3.8) is 0 Å². The zero-order valence-electron chi connectivity index (χ0n) is 29.3. The molecule has 2 aromatic heterocycles. The van der Waals surface area contributed by atoms with E-state index in [2.05, 4.69) is 20.5 Å². The Morgan fingerprint density at radius 3 is 2.55 bits per heavy atom. The van der Waals surface area contributed by atoms with Gasteiger partial charge in [-0.05, 0) is 41.7 Å². The summed E-state index contributed by atoms with van der Waals surface area (Å²) in [6.07, 6.45) is 3.31. The molecule has 1 amide bonds. The molecule has 2 N–H and O–H groups in total. The molecule has 12 nitrogen and oxygen atoms in total. The molecule has 4 aromatic rings. The number of aromatic nitrogens is 3. The lowest BCUT2D eigenvalue weighted by molar-refractivity contribution is -0.112. The number of halogens is 2. The molecule has 14 heteroatoms. The Labute approximate surface area is 300 Å². The second-order valence-corrected chi connectivity index (χ2v) is 13.5. The first-order chi connectivity index (χ1) is 24.4. The SMILES string of the molecule is COc1cc(OC)c(Cl)c(-c2cc3cnc(NCCN4CCOCC4)nc3n(CCc3ccc(NC(=O)C(C#N)=CC(C)(C)C)cc3F)c2=O)c1. The van der Waals surface area contributed by atoms with Crippen molar-refractivity contribution >= 4 is 40.2 Å². The number of pyridine rings is 1. The van der Waals surface area contributed by atoms with E-state index in [0.29, 0.717) is 59.4 Å². The van der Waals surface area contributed by atoms with E-state index in [4.69, 9.17) is 30.8 Å². The van der Waals surface area contributed by atoms with Crippen LogP contribution in [0.1, 0.15) is 26.3 Å². The maximum atomic E-state index is 15.5. The first kappa shape index (κ1) is 37.2. The Kier molecular flexibility index (Phi) is 11.9. The third kappa shape index (κ3) is 9.21. The van der Waals surface area contributed by atoms with Crippen LogP contribution < -0.4 is 25.7 Å². The van der Waals surface area contributed by atoms with Crippen LogP contribution in [0.25, 0.3) is 22.2 Å². The van der Waals surface area contributed by atoms with Crippen molar-refractivity contribution in [3.8, 4) is 28.7 Å². The molecule has 0 radical (unpaired) electrons. The molecule has 3 heterocycles. The highest BCUT2D eigenvalue weighted by Gasteiger charge is 2.20. The smallest absolute Gasteiger partial charge is 0.266 e. The third-order valence-electron chi connectivity index (χ3n) is 8.26. The molecule has 0 atom stereocenters. The van der Waals surface area contributed by atoms with Gasteiger partial charge in [-0.2, -0.15) is 10.2 Å². The van der Waals surface area contributed by atoms with E-state index in [1.54, 1.807) is 42.6 Å². The number of amides is 1. The lowest BCUT2D eigenvalue weighted by Gasteiger charge is -2.26. The van der Waals surface area contributed by atoms with Crippen LogP contribution in [0.5, 0.6) is 11.5 Å². The van der Waals surface area contributed by atoms with Gasteiger partial charge in [-0.15, -0.1) is 0 Å². The van der Waals surface area contributed by atoms with Crippen LogP contribution in [0.15, 0.2) is 59.0 Å². The van der Waals surface area contributed by atoms with Crippen LogP contribution in [0.4, 0.5) is 16.0 Å². The van der Waals surface area contributed by atoms with E-state index in [0.717, 1.165) is 19.6 Å². The second-order valence-electron chi connectivity index (χ2n) is 13.1. The Morgan fingerprint density at radius 2 is 1.88 bits per heavy atom. The van der Waals surface area contributed by atoms with E-state index in [1.165, 1.54) is 24.9 Å². The van der Waals surface area contributed by atoms with Crippen molar-refractivity contribution in [1.82, 2.24) is 19.4 Å². The summed E-state index contributed by atoms with van der Waals surface area (Å²) in [5.41, 5.74) is 0.650. The molecule has 1 aliphatic rings. The fourth-order valence-electron chi connectivity index (χ4n) is 5.67. The van der Waals surface area contributed by atoms with Gasteiger partial charge in [0.1, 0.15) is 34.6 Å². The van der Waals surface area contributed by atoms with Crippen molar-refractivity contribution in [2.45, 2.75) is 33.7 Å². The van der Waals surface area contributed by atoms with Gasteiger partial charge in [0.05, 0.1) is 32.5 Å². The number of aryl methyl sites for hydroxylation is 2. The molecule has 0 saturated carbocycles. The highest BCUT2D eigenvalue weighted by molar-refractivity contribution is 6.35. The summed E-state index contributed by atoms with van der Waals surface area (Å²) in [5.74, 6) is -0.0885. The number of ether oxygens (including phenoxy) is 3. The first-order valence-corrected chi connectivity index (χ1v) is 16.9. The van der Waals surface area contributed by atoms with Gasteiger partial charge in [-0.25, -0.2) is 9.37 Å². The van der Waals surface area contributed by atoms with E-state index < -0.39 is 22.7 Å². The van der Waals surface area contributed by atoms with Gasteiger partial charge < -0.3 is 24.8 Å². The Hall–Kier alpha value is -5.03. The lowest BCUT2D eigenvalue weighted by Crippen LogP contribution is -2.39. The Balaban J connectivity index is 1.47.